The highest BCUT2D eigenvalue weighted by Crippen LogP contribution is 2.17. The van der Waals surface area contributed by atoms with Crippen molar-refractivity contribution in [1.82, 2.24) is 14.6 Å². The normalized spacial score (nSPS) is 17.9. The molecule has 0 aliphatic carbocycles. The maximum atomic E-state index is 12.2. The monoisotopic (exact) mass is 305 g/mol. The SMILES string of the molecule is CNC1CCN(S(=O)(=O)Cc2cccnc2)CC1.Cl. The molecule has 0 bridgehead atoms. The minimum absolute atomic E-state index is 0. The Bertz CT molecular complexity index is 473. The lowest BCUT2D eigenvalue weighted by Crippen LogP contribution is -2.44. The molecule has 0 saturated carbocycles. The molecular formula is C12H20ClN3O2S. The molecule has 1 aliphatic rings. The van der Waals surface area contributed by atoms with Crippen molar-refractivity contribution in [1.29, 1.82) is 0 Å². The van der Waals surface area contributed by atoms with Crippen LogP contribution in [-0.4, -0.2) is 43.9 Å². The van der Waals surface area contributed by atoms with Crippen LogP contribution in [0, 0.1) is 0 Å². The van der Waals surface area contributed by atoms with E-state index in [1.54, 1.807) is 28.8 Å². The molecule has 0 radical (unpaired) electrons. The Morgan fingerprint density at radius 3 is 2.63 bits per heavy atom. The summed E-state index contributed by atoms with van der Waals surface area (Å²) in [5.41, 5.74) is 0.744. The van der Waals surface area contributed by atoms with Crippen LogP contribution >= 0.6 is 12.4 Å². The van der Waals surface area contributed by atoms with E-state index in [4.69, 9.17) is 0 Å². The van der Waals surface area contributed by atoms with Gasteiger partial charge in [-0.3, -0.25) is 4.98 Å². The van der Waals surface area contributed by atoms with Gasteiger partial charge < -0.3 is 5.32 Å². The highest BCUT2D eigenvalue weighted by molar-refractivity contribution is 7.88. The number of halogens is 1. The number of aromatic nitrogens is 1. The molecule has 1 aliphatic heterocycles. The Morgan fingerprint density at radius 2 is 2.11 bits per heavy atom. The Kier molecular flexibility index (Phi) is 6.19. The first-order chi connectivity index (χ1) is 8.62. The lowest BCUT2D eigenvalue weighted by Gasteiger charge is -2.30. The summed E-state index contributed by atoms with van der Waals surface area (Å²) in [4.78, 5) is 3.95. The third-order valence-electron chi connectivity index (χ3n) is 3.33. The van der Waals surface area contributed by atoms with Crippen molar-refractivity contribution in [3.05, 3.63) is 30.1 Å². The highest BCUT2D eigenvalue weighted by Gasteiger charge is 2.27. The summed E-state index contributed by atoms with van der Waals surface area (Å²) in [6, 6.07) is 4.00. The zero-order chi connectivity index (χ0) is 13.0. The second-order valence-electron chi connectivity index (χ2n) is 4.58. The minimum Gasteiger partial charge on any atom is -0.317 e. The molecule has 0 aromatic carbocycles. The lowest BCUT2D eigenvalue weighted by molar-refractivity contribution is 0.298. The Labute approximate surface area is 120 Å². The van der Waals surface area contributed by atoms with Crippen LogP contribution in [0.15, 0.2) is 24.5 Å². The lowest BCUT2D eigenvalue weighted by atomic mass is 10.1. The number of pyridine rings is 1. The zero-order valence-electron chi connectivity index (χ0n) is 10.9. The summed E-state index contributed by atoms with van der Waals surface area (Å²) in [5.74, 6) is 0.0467. The average molecular weight is 306 g/mol. The van der Waals surface area contributed by atoms with Gasteiger partial charge in [-0.05, 0) is 31.5 Å². The third kappa shape index (κ3) is 4.42. The van der Waals surface area contributed by atoms with Crippen LogP contribution in [-0.2, 0) is 15.8 Å². The molecule has 2 rings (SSSR count). The van der Waals surface area contributed by atoms with Crippen molar-refractivity contribution in [2.75, 3.05) is 20.1 Å². The van der Waals surface area contributed by atoms with E-state index >= 15 is 0 Å². The first-order valence-electron chi connectivity index (χ1n) is 6.16. The van der Waals surface area contributed by atoms with Crippen molar-refractivity contribution in [3.63, 3.8) is 0 Å². The van der Waals surface area contributed by atoms with Crippen LogP contribution < -0.4 is 5.32 Å². The number of nitrogens with zero attached hydrogens (tertiary/aromatic N) is 2. The maximum absolute atomic E-state index is 12.2. The topological polar surface area (TPSA) is 62.3 Å². The van der Waals surface area contributed by atoms with E-state index in [0.717, 1.165) is 18.4 Å². The van der Waals surface area contributed by atoms with Gasteiger partial charge in [0.25, 0.3) is 0 Å². The third-order valence-corrected chi connectivity index (χ3v) is 5.18. The molecule has 0 spiro atoms. The Hall–Kier alpha value is -0.690. The van der Waals surface area contributed by atoms with Gasteiger partial charge in [0.1, 0.15) is 0 Å². The van der Waals surface area contributed by atoms with E-state index < -0.39 is 10.0 Å². The molecule has 2 heterocycles. The van der Waals surface area contributed by atoms with E-state index in [1.807, 2.05) is 7.05 Å². The quantitative estimate of drug-likeness (QED) is 0.902. The molecule has 7 heteroatoms. The van der Waals surface area contributed by atoms with Gasteiger partial charge >= 0.3 is 0 Å². The van der Waals surface area contributed by atoms with E-state index in [9.17, 15) is 8.42 Å². The summed E-state index contributed by atoms with van der Waals surface area (Å²) in [6.45, 7) is 1.21. The number of rotatable bonds is 4. The zero-order valence-corrected chi connectivity index (χ0v) is 12.6. The molecule has 1 saturated heterocycles. The smallest absolute Gasteiger partial charge is 0.218 e. The number of nitrogens with one attached hydrogen (secondary N) is 1. The van der Waals surface area contributed by atoms with Crippen LogP contribution in [0.4, 0.5) is 0 Å². The molecule has 5 nitrogen and oxygen atoms in total. The van der Waals surface area contributed by atoms with Gasteiger partial charge in [-0.25, -0.2) is 12.7 Å². The number of sulfonamides is 1. The van der Waals surface area contributed by atoms with Crippen LogP contribution in [0.1, 0.15) is 18.4 Å². The Balaban J connectivity index is 0.00000180. The van der Waals surface area contributed by atoms with Crippen LogP contribution in [0.2, 0.25) is 0 Å². The van der Waals surface area contributed by atoms with Gasteiger partial charge in [-0.15, -0.1) is 12.4 Å². The van der Waals surface area contributed by atoms with Crippen LogP contribution in [0.5, 0.6) is 0 Å². The maximum Gasteiger partial charge on any atom is 0.218 e. The number of piperidine rings is 1. The fourth-order valence-corrected chi connectivity index (χ4v) is 3.75. The van der Waals surface area contributed by atoms with Gasteiger partial charge in [0.2, 0.25) is 10.0 Å². The number of hydrogen-bond donors (Lipinski definition) is 1. The number of hydrogen-bond acceptors (Lipinski definition) is 4. The van der Waals surface area contributed by atoms with Gasteiger partial charge in [0.15, 0.2) is 0 Å². The molecule has 1 aromatic rings. The van der Waals surface area contributed by atoms with Crippen molar-refractivity contribution < 1.29 is 8.42 Å². The van der Waals surface area contributed by atoms with Crippen molar-refractivity contribution >= 4 is 22.4 Å². The van der Waals surface area contributed by atoms with Crippen molar-refractivity contribution in [3.8, 4) is 0 Å². The first kappa shape index (κ1) is 16.4. The summed E-state index contributed by atoms with van der Waals surface area (Å²) < 4.78 is 26.0. The van der Waals surface area contributed by atoms with Crippen LogP contribution in [0.25, 0.3) is 0 Å². The molecule has 1 fully saturated rings. The van der Waals surface area contributed by atoms with Crippen LogP contribution in [0.3, 0.4) is 0 Å². The standard InChI is InChI=1S/C12H19N3O2S.ClH/c1-13-12-4-7-15(8-5-12)18(16,17)10-11-3-2-6-14-9-11;/h2-3,6,9,12-13H,4-5,7-8,10H2,1H3;1H. The van der Waals surface area contributed by atoms with Gasteiger partial charge in [0.05, 0.1) is 5.75 Å². The second kappa shape index (κ2) is 7.19. The minimum atomic E-state index is -3.20. The molecule has 0 amide bonds. The first-order valence-corrected chi connectivity index (χ1v) is 7.77. The summed E-state index contributed by atoms with van der Waals surface area (Å²) >= 11 is 0. The molecule has 1 N–H and O–H groups in total. The molecule has 1 aromatic heterocycles. The van der Waals surface area contributed by atoms with E-state index in [2.05, 4.69) is 10.3 Å². The predicted octanol–water partition coefficient (Wildman–Crippen LogP) is 1.02. The summed E-state index contributed by atoms with van der Waals surface area (Å²) in [5, 5.41) is 3.19. The molecule has 108 valence electrons. The highest BCUT2D eigenvalue weighted by atomic mass is 35.5. The van der Waals surface area contributed by atoms with Gasteiger partial charge in [0, 0.05) is 31.5 Å². The molecular weight excluding hydrogens is 286 g/mol. The summed E-state index contributed by atoms with van der Waals surface area (Å²) in [7, 11) is -1.28. The Morgan fingerprint density at radius 1 is 1.42 bits per heavy atom. The molecule has 0 atom stereocenters. The largest absolute Gasteiger partial charge is 0.317 e. The molecule has 0 unspecified atom stereocenters. The average Bonchev–Trinajstić information content (AvgIpc) is 2.39. The summed E-state index contributed by atoms with van der Waals surface area (Å²) in [6.07, 6.45) is 5.01. The molecule has 19 heavy (non-hydrogen) atoms. The van der Waals surface area contributed by atoms with E-state index in [0.29, 0.717) is 19.1 Å². The van der Waals surface area contributed by atoms with Gasteiger partial charge in [-0.2, -0.15) is 0 Å². The predicted molar refractivity (Wildman–Crippen MR) is 77.8 cm³/mol. The van der Waals surface area contributed by atoms with E-state index in [1.165, 1.54) is 0 Å². The fourth-order valence-electron chi connectivity index (χ4n) is 2.21. The van der Waals surface area contributed by atoms with Crippen molar-refractivity contribution in [2.24, 2.45) is 0 Å². The fraction of sp³-hybridized carbons (Fsp3) is 0.583. The second-order valence-corrected chi connectivity index (χ2v) is 6.55. The van der Waals surface area contributed by atoms with Crippen molar-refractivity contribution in [2.45, 2.75) is 24.6 Å². The van der Waals surface area contributed by atoms with Gasteiger partial charge in [-0.1, -0.05) is 6.07 Å². The van der Waals surface area contributed by atoms with E-state index in [-0.39, 0.29) is 18.2 Å².